The summed E-state index contributed by atoms with van der Waals surface area (Å²) in [5.74, 6) is 0. The van der Waals surface area contributed by atoms with E-state index in [1.54, 1.807) is 17.4 Å². The van der Waals surface area contributed by atoms with Gasteiger partial charge in [-0.05, 0) is 49.3 Å². The second-order valence-electron chi connectivity index (χ2n) is 4.05. The van der Waals surface area contributed by atoms with E-state index in [-0.39, 0.29) is 0 Å². The molecular weight excluding hydrogens is 262 g/mol. The second kappa shape index (κ2) is 5.46. The largest absolute Gasteiger partial charge is 0.359 e. The lowest BCUT2D eigenvalue weighted by Crippen LogP contribution is -2.28. The van der Waals surface area contributed by atoms with Crippen LogP contribution in [0.25, 0.3) is 10.2 Å². The fraction of sp³-hybridized carbons (Fsp3) is 0.231. The van der Waals surface area contributed by atoms with Gasteiger partial charge in [0.25, 0.3) is 0 Å². The topological polar surface area (TPSA) is 37.0 Å². The van der Waals surface area contributed by atoms with Gasteiger partial charge in [-0.15, -0.1) is 6.58 Å². The van der Waals surface area contributed by atoms with E-state index < -0.39 is 0 Å². The molecule has 0 saturated heterocycles. The van der Waals surface area contributed by atoms with E-state index in [0.717, 1.165) is 10.6 Å². The van der Waals surface area contributed by atoms with Crippen LogP contribution in [0.3, 0.4) is 0 Å². The molecular formula is C13H15N3S2. The zero-order valence-electron chi connectivity index (χ0n) is 10.4. The normalized spacial score (nSPS) is 10.3. The standard InChI is InChI=1S/C13H15N3S2/c1-4-5-14-12(17)16-13-15-10-6-8(2)9(3)7-11(10)18-13/h4,6-7H,1,5H2,2-3H3,(H2,14,15,16,17). The second-order valence-corrected chi connectivity index (χ2v) is 5.49. The lowest BCUT2D eigenvalue weighted by molar-refractivity contribution is 1.06. The van der Waals surface area contributed by atoms with Gasteiger partial charge in [-0.3, -0.25) is 0 Å². The number of thiocarbonyl (C=S) groups is 1. The molecule has 18 heavy (non-hydrogen) atoms. The first kappa shape index (κ1) is 13.0. The average Bonchev–Trinajstić information content (AvgIpc) is 2.68. The molecule has 94 valence electrons. The van der Waals surface area contributed by atoms with E-state index >= 15 is 0 Å². The lowest BCUT2D eigenvalue weighted by Gasteiger charge is -2.04. The minimum atomic E-state index is 0.572. The van der Waals surface area contributed by atoms with E-state index in [2.05, 4.69) is 48.2 Å². The molecule has 3 nitrogen and oxygen atoms in total. The molecule has 0 aliphatic carbocycles. The average molecular weight is 277 g/mol. The third-order valence-corrected chi connectivity index (χ3v) is 3.81. The van der Waals surface area contributed by atoms with Crippen molar-refractivity contribution in [1.29, 1.82) is 0 Å². The minimum Gasteiger partial charge on any atom is -0.359 e. The minimum absolute atomic E-state index is 0.572. The van der Waals surface area contributed by atoms with Gasteiger partial charge < -0.3 is 10.6 Å². The number of thiazole rings is 1. The van der Waals surface area contributed by atoms with Crippen LogP contribution in [0.1, 0.15) is 11.1 Å². The Labute approximate surface area is 116 Å². The molecule has 0 fully saturated rings. The van der Waals surface area contributed by atoms with Crippen molar-refractivity contribution in [3.05, 3.63) is 35.9 Å². The van der Waals surface area contributed by atoms with Crippen molar-refractivity contribution in [2.45, 2.75) is 13.8 Å². The number of anilines is 1. The fourth-order valence-corrected chi connectivity index (χ4v) is 2.73. The van der Waals surface area contributed by atoms with Crippen LogP contribution in [0.15, 0.2) is 24.8 Å². The number of nitrogens with zero attached hydrogens (tertiary/aromatic N) is 1. The van der Waals surface area contributed by atoms with Crippen molar-refractivity contribution < 1.29 is 0 Å². The summed E-state index contributed by atoms with van der Waals surface area (Å²) in [6, 6.07) is 4.26. The zero-order valence-corrected chi connectivity index (χ0v) is 12.0. The number of hydrogen-bond donors (Lipinski definition) is 2. The molecule has 0 atom stereocenters. The summed E-state index contributed by atoms with van der Waals surface area (Å²) >= 11 is 6.76. The molecule has 0 spiro atoms. The highest BCUT2D eigenvalue weighted by atomic mass is 32.1. The van der Waals surface area contributed by atoms with Gasteiger partial charge in [0.1, 0.15) is 0 Å². The van der Waals surface area contributed by atoms with Crippen LogP contribution in [0, 0.1) is 13.8 Å². The quantitative estimate of drug-likeness (QED) is 0.666. The van der Waals surface area contributed by atoms with E-state index in [0.29, 0.717) is 11.7 Å². The predicted octanol–water partition coefficient (Wildman–Crippen LogP) is 3.39. The molecule has 2 rings (SSSR count). The molecule has 1 aromatic carbocycles. The number of aryl methyl sites for hydroxylation is 2. The molecule has 0 unspecified atom stereocenters. The highest BCUT2D eigenvalue weighted by molar-refractivity contribution is 7.80. The summed E-state index contributed by atoms with van der Waals surface area (Å²) in [7, 11) is 0. The monoisotopic (exact) mass is 277 g/mol. The molecule has 0 aliphatic rings. The van der Waals surface area contributed by atoms with Crippen LogP contribution in [-0.4, -0.2) is 16.6 Å². The maximum Gasteiger partial charge on any atom is 0.190 e. The molecule has 2 N–H and O–H groups in total. The van der Waals surface area contributed by atoms with Crippen LogP contribution in [0.4, 0.5) is 5.13 Å². The van der Waals surface area contributed by atoms with Gasteiger partial charge in [-0.25, -0.2) is 4.98 Å². The van der Waals surface area contributed by atoms with Gasteiger partial charge in [-0.1, -0.05) is 17.4 Å². The third-order valence-electron chi connectivity index (χ3n) is 2.63. The third kappa shape index (κ3) is 2.86. The van der Waals surface area contributed by atoms with Crippen molar-refractivity contribution in [2.24, 2.45) is 0 Å². The van der Waals surface area contributed by atoms with Crippen molar-refractivity contribution in [3.63, 3.8) is 0 Å². The Bertz CT molecular complexity index is 563. The Morgan fingerprint density at radius 3 is 2.89 bits per heavy atom. The SMILES string of the molecule is C=CCNC(=S)Nc1nc2cc(C)c(C)cc2s1. The summed E-state index contributed by atoms with van der Waals surface area (Å²) < 4.78 is 1.17. The number of nitrogens with one attached hydrogen (secondary N) is 2. The number of hydrogen-bond acceptors (Lipinski definition) is 3. The number of benzene rings is 1. The Morgan fingerprint density at radius 2 is 2.17 bits per heavy atom. The fourth-order valence-electron chi connectivity index (χ4n) is 1.54. The van der Waals surface area contributed by atoms with Gasteiger partial charge in [0.2, 0.25) is 0 Å². The Kier molecular flexibility index (Phi) is 3.93. The highest BCUT2D eigenvalue weighted by Gasteiger charge is 2.06. The first-order chi connectivity index (χ1) is 8.60. The van der Waals surface area contributed by atoms with E-state index in [4.69, 9.17) is 12.2 Å². The molecule has 0 aliphatic heterocycles. The molecule has 0 amide bonds. The lowest BCUT2D eigenvalue weighted by atomic mass is 10.1. The van der Waals surface area contributed by atoms with Crippen molar-refractivity contribution in [2.75, 3.05) is 11.9 Å². The molecule has 0 saturated carbocycles. The Balaban J connectivity index is 2.20. The van der Waals surface area contributed by atoms with Crippen molar-refractivity contribution in [1.82, 2.24) is 10.3 Å². The van der Waals surface area contributed by atoms with Gasteiger partial charge >= 0.3 is 0 Å². The molecule has 0 bridgehead atoms. The van der Waals surface area contributed by atoms with Crippen LogP contribution in [0.2, 0.25) is 0 Å². The maximum absolute atomic E-state index is 5.15. The zero-order chi connectivity index (χ0) is 13.1. The summed E-state index contributed by atoms with van der Waals surface area (Å²) in [4.78, 5) is 4.52. The summed E-state index contributed by atoms with van der Waals surface area (Å²) in [5, 5.41) is 7.49. The van der Waals surface area contributed by atoms with Crippen molar-refractivity contribution in [3.8, 4) is 0 Å². The summed E-state index contributed by atoms with van der Waals surface area (Å²) in [6.07, 6.45) is 1.76. The molecule has 0 radical (unpaired) electrons. The van der Waals surface area contributed by atoms with Gasteiger partial charge in [-0.2, -0.15) is 0 Å². The Morgan fingerprint density at radius 1 is 1.44 bits per heavy atom. The number of fused-ring (bicyclic) bond motifs is 1. The number of aromatic nitrogens is 1. The molecule has 2 aromatic rings. The number of rotatable bonds is 3. The first-order valence-corrected chi connectivity index (χ1v) is 6.86. The van der Waals surface area contributed by atoms with Crippen molar-refractivity contribution >= 4 is 44.0 Å². The molecule has 5 heteroatoms. The van der Waals surface area contributed by atoms with Crippen LogP contribution < -0.4 is 10.6 Å². The molecule has 1 heterocycles. The van der Waals surface area contributed by atoms with Crippen LogP contribution in [0.5, 0.6) is 0 Å². The van der Waals surface area contributed by atoms with E-state index in [1.807, 2.05) is 0 Å². The Hall–Kier alpha value is -1.46. The van der Waals surface area contributed by atoms with E-state index in [9.17, 15) is 0 Å². The van der Waals surface area contributed by atoms with E-state index in [1.165, 1.54) is 15.8 Å². The van der Waals surface area contributed by atoms with Gasteiger partial charge in [0.15, 0.2) is 10.2 Å². The first-order valence-electron chi connectivity index (χ1n) is 5.63. The summed E-state index contributed by atoms with van der Waals surface area (Å²) in [6.45, 7) is 8.48. The van der Waals surface area contributed by atoms with Gasteiger partial charge in [0, 0.05) is 6.54 Å². The highest BCUT2D eigenvalue weighted by Crippen LogP contribution is 2.28. The predicted molar refractivity (Wildman–Crippen MR) is 83.5 cm³/mol. The van der Waals surface area contributed by atoms with Crippen LogP contribution >= 0.6 is 23.6 Å². The molecule has 1 aromatic heterocycles. The maximum atomic E-state index is 5.15. The van der Waals surface area contributed by atoms with Crippen LogP contribution in [-0.2, 0) is 0 Å². The summed E-state index contributed by atoms with van der Waals surface area (Å²) in [5.41, 5.74) is 3.55. The smallest absolute Gasteiger partial charge is 0.190 e. The van der Waals surface area contributed by atoms with Gasteiger partial charge in [0.05, 0.1) is 10.2 Å².